The monoisotopic (exact) mass is 273 g/mol. The van der Waals surface area contributed by atoms with Gasteiger partial charge in [0.25, 0.3) is 0 Å². The van der Waals surface area contributed by atoms with Crippen LogP contribution in [-0.4, -0.2) is 11.5 Å². The summed E-state index contributed by atoms with van der Waals surface area (Å²) in [5, 5.41) is 11.6. The van der Waals surface area contributed by atoms with Crippen molar-refractivity contribution in [2.75, 3.05) is 11.9 Å². The van der Waals surface area contributed by atoms with E-state index in [0.29, 0.717) is 18.5 Å². The largest absolute Gasteiger partial charge is 0.380 e. The Bertz CT molecular complexity index is 642. The summed E-state index contributed by atoms with van der Waals surface area (Å²) in [5.41, 5.74) is 2.37. The van der Waals surface area contributed by atoms with E-state index in [1.807, 2.05) is 19.1 Å². The second-order valence-electron chi connectivity index (χ2n) is 4.42. The fourth-order valence-corrected chi connectivity index (χ4v) is 1.92. The van der Waals surface area contributed by atoms with Gasteiger partial charge in [0.1, 0.15) is 5.69 Å². The second-order valence-corrected chi connectivity index (χ2v) is 4.42. The van der Waals surface area contributed by atoms with Gasteiger partial charge >= 0.3 is 0 Å². The van der Waals surface area contributed by atoms with E-state index in [9.17, 15) is 8.78 Å². The first-order valence-electron chi connectivity index (χ1n) is 6.14. The highest BCUT2D eigenvalue weighted by Gasteiger charge is 2.08. The van der Waals surface area contributed by atoms with Gasteiger partial charge in [-0.1, -0.05) is 12.1 Å². The number of aryl methyl sites for hydroxylation is 1. The van der Waals surface area contributed by atoms with E-state index in [1.54, 1.807) is 6.07 Å². The Morgan fingerprint density at radius 2 is 1.95 bits per heavy atom. The lowest BCUT2D eigenvalue weighted by molar-refractivity contribution is 0.578. The molecule has 0 amide bonds. The summed E-state index contributed by atoms with van der Waals surface area (Å²) in [6, 6.07) is 7.59. The summed E-state index contributed by atoms with van der Waals surface area (Å²) < 4.78 is 26.7. The summed E-state index contributed by atoms with van der Waals surface area (Å²) in [6.45, 7) is 2.25. The molecule has 0 aliphatic heterocycles. The highest BCUT2D eigenvalue weighted by molar-refractivity contribution is 5.45. The van der Waals surface area contributed by atoms with Gasteiger partial charge in [-0.2, -0.15) is 5.26 Å². The van der Waals surface area contributed by atoms with Gasteiger partial charge in [0, 0.05) is 6.54 Å². The molecule has 102 valence electrons. The minimum atomic E-state index is -0.707. The van der Waals surface area contributed by atoms with Crippen LogP contribution in [0.25, 0.3) is 0 Å². The maximum Gasteiger partial charge on any atom is 0.167 e. The average molecular weight is 273 g/mol. The van der Waals surface area contributed by atoms with Crippen molar-refractivity contribution in [2.45, 2.75) is 13.3 Å². The van der Waals surface area contributed by atoms with Gasteiger partial charge in [-0.25, -0.2) is 8.78 Å². The van der Waals surface area contributed by atoms with E-state index in [1.165, 1.54) is 0 Å². The number of hydrogen-bond donors (Lipinski definition) is 1. The lowest BCUT2D eigenvalue weighted by atomic mass is 10.0. The molecule has 0 unspecified atom stereocenters. The normalized spacial score (nSPS) is 10.1. The van der Waals surface area contributed by atoms with Gasteiger partial charge < -0.3 is 5.32 Å². The number of rotatable bonds is 4. The number of nitrogens with one attached hydrogen (secondary N) is 1. The Morgan fingerprint density at radius 3 is 2.55 bits per heavy atom. The van der Waals surface area contributed by atoms with Crippen LogP contribution in [0.1, 0.15) is 16.7 Å². The van der Waals surface area contributed by atoms with Crippen molar-refractivity contribution in [1.29, 1.82) is 5.26 Å². The maximum absolute atomic E-state index is 13.3. The third kappa shape index (κ3) is 3.09. The SMILES string of the molecule is Cc1cc(CCNc2c(F)cncc2F)ccc1C#N. The summed E-state index contributed by atoms with van der Waals surface area (Å²) >= 11 is 0. The third-order valence-corrected chi connectivity index (χ3v) is 2.98. The number of nitrogens with zero attached hydrogens (tertiary/aromatic N) is 2. The van der Waals surface area contributed by atoms with Crippen LogP contribution in [-0.2, 0) is 6.42 Å². The average Bonchev–Trinajstić information content (AvgIpc) is 2.42. The standard InChI is InChI=1S/C15H13F2N3/c1-10-6-11(2-3-12(10)7-18)4-5-20-15-13(16)8-19-9-14(15)17/h2-3,6,8-9H,4-5H2,1H3,(H,19,20). The summed E-state index contributed by atoms with van der Waals surface area (Å²) in [5.74, 6) is -1.41. The van der Waals surface area contributed by atoms with E-state index in [0.717, 1.165) is 23.5 Å². The Morgan fingerprint density at radius 1 is 1.25 bits per heavy atom. The molecule has 0 saturated heterocycles. The number of pyridine rings is 1. The molecule has 2 aromatic rings. The molecule has 1 heterocycles. The number of anilines is 1. The van der Waals surface area contributed by atoms with Crippen LogP contribution in [0, 0.1) is 29.9 Å². The molecule has 3 nitrogen and oxygen atoms in total. The zero-order valence-electron chi connectivity index (χ0n) is 11.0. The first kappa shape index (κ1) is 13.9. The maximum atomic E-state index is 13.3. The van der Waals surface area contributed by atoms with Gasteiger partial charge in [-0.15, -0.1) is 0 Å². The minimum Gasteiger partial charge on any atom is -0.380 e. The zero-order chi connectivity index (χ0) is 14.5. The molecular formula is C15H13F2N3. The highest BCUT2D eigenvalue weighted by Crippen LogP contribution is 2.17. The number of hydrogen-bond acceptors (Lipinski definition) is 3. The van der Waals surface area contributed by atoms with Crippen LogP contribution in [0.15, 0.2) is 30.6 Å². The van der Waals surface area contributed by atoms with Gasteiger partial charge in [0.2, 0.25) is 0 Å². The molecule has 0 radical (unpaired) electrons. The number of aromatic nitrogens is 1. The molecule has 1 aromatic heterocycles. The van der Waals surface area contributed by atoms with Crippen molar-refractivity contribution in [3.05, 3.63) is 58.9 Å². The first-order chi connectivity index (χ1) is 9.61. The predicted octanol–water partition coefficient (Wildman–Crippen LogP) is 3.19. The van der Waals surface area contributed by atoms with Crippen LogP contribution in [0.2, 0.25) is 0 Å². The van der Waals surface area contributed by atoms with Crippen molar-refractivity contribution in [1.82, 2.24) is 4.98 Å². The lowest BCUT2D eigenvalue weighted by Gasteiger charge is -2.09. The molecule has 0 aliphatic rings. The van der Waals surface area contributed by atoms with Gasteiger partial charge in [-0.05, 0) is 30.5 Å². The topological polar surface area (TPSA) is 48.7 Å². The Kier molecular flexibility index (Phi) is 4.26. The fourth-order valence-electron chi connectivity index (χ4n) is 1.92. The zero-order valence-corrected chi connectivity index (χ0v) is 11.0. The molecule has 0 aliphatic carbocycles. The molecule has 1 aromatic carbocycles. The molecule has 0 bridgehead atoms. The lowest BCUT2D eigenvalue weighted by Crippen LogP contribution is -2.08. The molecule has 1 N–H and O–H groups in total. The Balaban J connectivity index is 2.00. The van der Waals surface area contributed by atoms with E-state index >= 15 is 0 Å². The van der Waals surface area contributed by atoms with Gasteiger partial charge in [0.15, 0.2) is 11.6 Å². The van der Waals surface area contributed by atoms with E-state index in [4.69, 9.17) is 5.26 Å². The smallest absolute Gasteiger partial charge is 0.167 e. The molecule has 0 fully saturated rings. The molecule has 2 rings (SSSR count). The van der Waals surface area contributed by atoms with Gasteiger partial charge in [0.05, 0.1) is 24.0 Å². The van der Waals surface area contributed by atoms with Crippen LogP contribution in [0.3, 0.4) is 0 Å². The van der Waals surface area contributed by atoms with E-state index < -0.39 is 11.6 Å². The molecule has 20 heavy (non-hydrogen) atoms. The van der Waals surface area contributed by atoms with Crippen molar-refractivity contribution < 1.29 is 8.78 Å². The first-order valence-corrected chi connectivity index (χ1v) is 6.14. The Hall–Kier alpha value is -2.48. The van der Waals surface area contributed by atoms with Crippen LogP contribution >= 0.6 is 0 Å². The number of benzene rings is 1. The van der Waals surface area contributed by atoms with Gasteiger partial charge in [-0.3, -0.25) is 4.98 Å². The highest BCUT2D eigenvalue weighted by atomic mass is 19.1. The summed E-state index contributed by atoms with van der Waals surface area (Å²) in [4.78, 5) is 3.42. The molecular weight excluding hydrogens is 260 g/mol. The predicted molar refractivity (Wildman–Crippen MR) is 72.2 cm³/mol. The van der Waals surface area contributed by atoms with Crippen molar-refractivity contribution in [3.63, 3.8) is 0 Å². The number of nitriles is 1. The molecule has 0 spiro atoms. The third-order valence-electron chi connectivity index (χ3n) is 2.98. The van der Waals surface area contributed by atoms with Crippen molar-refractivity contribution in [3.8, 4) is 6.07 Å². The second kappa shape index (κ2) is 6.11. The van der Waals surface area contributed by atoms with E-state index in [2.05, 4.69) is 16.4 Å². The fraction of sp³-hybridized carbons (Fsp3) is 0.200. The minimum absolute atomic E-state index is 0.162. The Labute approximate surface area is 115 Å². The molecule has 0 atom stereocenters. The van der Waals surface area contributed by atoms with Crippen molar-refractivity contribution in [2.24, 2.45) is 0 Å². The summed E-state index contributed by atoms with van der Waals surface area (Å²) in [6.07, 6.45) is 2.54. The van der Waals surface area contributed by atoms with Crippen LogP contribution in [0.4, 0.5) is 14.5 Å². The summed E-state index contributed by atoms with van der Waals surface area (Å²) in [7, 11) is 0. The van der Waals surface area contributed by atoms with Crippen molar-refractivity contribution >= 4 is 5.69 Å². The molecule has 5 heteroatoms. The number of halogens is 2. The quantitative estimate of drug-likeness (QED) is 0.930. The van der Waals surface area contributed by atoms with E-state index in [-0.39, 0.29) is 5.69 Å². The van der Waals surface area contributed by atoms with Crippen LogP contribution in [0.5, 0.6) is 0 Å². The van der Waals surface area contributed by atoms with Crippen LogP contribution < -0.4 is 5.32 Å². The molecule has 0 saturated carbocycles.